The molecule has 0 aliphatic heterocycles. The van der Waals surface area contributed by atoms with Crippen molar-refractivity contribution < 1.29 is 10.2 Å². The lowest BCUT2D eigenvalue weighted by Crippen LogP contribution is -2.23. The van der Waals surface area contributed by atoms with E-state index in [1.807, 2.05) is 0 Å². The van der Waals surface area contributed by atoms with Crippen molar-refractivity contribution in [2.75, 3.05) is 18.5 Å². The first-order valence-electron chi connectivity index (χ1n) is 4.90. The molecule has 1 atom stereocenters. The zero-order chi connectivity index (χ0) is 11.4. The number of pyridine rings is 1. The zero-order valence-electron chi connectivity index (χ0n) is 8.54. The van der Waals surface area contributed by atoms with Crippen LogP contribution in [-0.2, 0) is 0 Å². The molecule has 6 heteroatoms. The van der Waals surface area contributed by atoms with Gasteiger partial charge in [-0.1, -0.05) is 0 Å². The summed E-state index contributed by atoms with van der Waals surface area (Å²) in [5.74, 6) is 0.598. The van der Waals surface area contributed by atoms with E-state index in [1.54, 1.807) is 24.5 Å². The molecule has 16 heavy (non-hydrogen) atoms. The van der Waals surface area contributed by atoms with Gasteiger partial charge in [-0.2, -0.15) is 0 Å². The zero-order valence-corrected chi connectivity index (χ0v) is 8.54. The van der Waals surface area contributed by atoms with E-state index in [1.165, 1.54) is 0 Å². The summed E-state index contributed by atoms with van der Waals surface area (Å²) in [6.45, 7) is -0.0321. The van der Waals surface area contributed by atoms with Crippen molar-refractivity contribution in [1.82, 2.24) is 15.0 Å². The lowest BCUT2D eigenvalue weighted by atomic mass is 10.3. The van der Waals surface area contributed by atoms with Crippen LogP contribution in [0.1, 0.15) is 0 Å². The molecule has 2 aromatic rings. The third-order valence-electron chi connectivity index (χ3n) is 2.06. The second kappa shape index (κ2) is 4.82. The third-order valence-corrected chi connectivity index (χ3v) is 2.06. The Balaban J connectivity index is 2.13. The van der Waals surface area contributed by atoms with Gasteiger partial charge in [0.15, 0.2) is 5.65 Å². The van der Waals surface area contributed by atoms with Gasteiger partial charge in [0, 0.05) is 18.9 Å². The van der Waals surface area contributed by atoms with Gasteiger partial charge in [0.1, 0.15) is 11.3 Å². The van der Waals surface area contributed by atoms with Crippen LogP contribution in [0.4, 0.5) is 5.82 Å². The molecule has 1 unspecified atom stereocenters. The van der Waals surface area contributed by atoms with E-state index in [9.17, 15) is 0 Å². The molecule has 0 aliphatic rings. The molecule has 0 aliphatic carbocycles. The summed E-state index contributed by atoms with van der Waals surface area (Å²) in [4.78, 5) is 12.4. The van der Waals surface area contributed by atoms with Gasteiger partial charge in [0.2, 0.25) is 0 Å². The van der Waals surface area contributed by atoms with Crippen LogP contribution in [0.3, 0.4) is 0 Å². The van der Waals surface area contributed by atoms with E-state index in [0.29, 0.717) is 11.5 Å². The highest BCUT2D eigenvalue weighted by Crippen LogP contribution is 2.09. The fourth-order valence-electron chi connectivity index (χ4n) is 1.24. The fourth-order valence-corrected chi connectivity index (χ4v) is 1.24. The Morgan fingerprint density at radius 1 is 1.25 bits per heavy atom. The smallest absolute Gasteiger partial charge is 0.180 e. The predicted molar refractivity (Wildman–Crippen MR) is 58.9 cm³/mol. The van der Waals surface area contributed by atoms with Gasteiger partial charge in [0.25, 0.3) is 0 Å². The number of nitrogens with zero attached hydrogens (tertiary/aromatic N) is 3. The molecule has 2 heterocycles. The van der Waals surface area contributed by atoms with Gasteiger partial charge in [-0.05, 0) is 12.1 Å². The molecular formula is C10H12N4O2. The summed E-state index contributed by atoms with van der Waals surface area (Å²) in [7, 11) is 0. The molecule has 0 amide bonds. The van der Waals surface area contributed by atoms with E-state index >= 15 is 0 Å². The van der Waals surface area contributed by atoms with Crippen molar-refractivity contribution in [3.05, 3.63) is 24.5 Å². The first-order chi connectivity index (χ1) is 7.79. The van der Waals surface area contributed by atoms with Gasteiger partial charge in [0.05, 0.1) is 12.7 Å². The number of aliphatic hydroxyl groups excluding tert-OH is 2. The van der Waals surface area contributed by atoms with Gasteiger partial charge in [-0.15, -0.1) is 0 Å². The minimum Gasteiger partial charge on any atom is -0.394 e. The first kappa shape index (κ1) is 10.7. The van der Waals surface area contributed by atoms with Gasteiger partial charge >= 0.3 is 0 Å². The summed E-state index contributed by atoms with van der Waals surface area (Å²) in [5, 5.41) is 20.7. The largest absolute Gasteiger partial charge is 0.394 e. The SMILES string of the molecule is OCC(O)CNc1ccc2nccnc2n1. The number of rotatable bonds is 4. The molecule has 0 radical (unpaired) electrons. The monoisotopic (exact) mass is 220 g/mol. The normalized spacial score (nSPS) is 12.6. The topological polar surface area (TPSA) is 91.2 Å². The second-order valence-electron chi connectivity index (χ2n) is 3.31. The van der Waals surface area contributed by atoms with Crippen molar-refractivity contribution in [3.8, 4) is 0 Å². The first-order valence-corrected chi connectivity index (χ1v) is 4.90. The van der Waals surface area contributed by atoms with E-state index in [0.717, 1.165) is 5.52 Å². The van der Waals surface area contributed by atoms with Crippen molar-refractivity contribution >= 4 is 17.0 Å². The Labute approximate surface area is 92.0 Å². The fraction of sp³-hybridized carbons (Fsp3) is 0.300. The Morgan fingerprint density at radius 2 is 2.06 bits per heavy atom. The van der Waals surface area contributed by atoms with Crippen LogP contribution >= 0.6 is 0 Å². The van der Waals surface area contributed by atoms with Crippen LogP contribution in [0.5, 0.6) is 0 Å². The van der Waals surface area contributed by atoms with Crippen LogP contribution in [-0.4, -0.2) is 44.4 Å². The molecule has 0 aromatic carbocycles. The molecule has 2 rings (SSSR count). The summed E-state index contributed by atoms with van der Waals surface area (Å²) in [6, 6.07) is 3.55. The highest BCUT2D eigenvalue weighted by molar-refractivity contribution is 5.71. The number of fused-ring (bicyclic) bond motifs is 1. The molecule has 84 valence electrons. The molecular weight excluding hydrogens is 208 g/mol. The summed E-state index contributed by atoms with van der Waals surface area (Å²) in [5.41, 5.74) is 1.27. The molecule has 6 nitrogen and oxygen atoms in total. The van der Waals surface area contributed by atoms with Crippen molar-refractivity contribution in [3.63, 3.8) is 0 Å². The summed E-state index contributed by atoms with van der Waals surface area (Å²) in [6.07, 6.45) is 2.38. The Bertz CT molecular complexity index is 477. The lowest BCUT2D eigenvalue weighted by molar-refractivity contribution is 0.105. The highest BCUT2D eigenvalue weighted by Gasteiger charge is 2.03. The van der Waals surface area contributed by atoms with Gasteiger partial charge in [-0.25, -0.2) is 9.97 Å². The van der Waals surface area contributed by atoms with E-state index in [2.05, 4.69) is 20.3 Å². The Hall–Kier alpha value is -1.79. The molecule has 3 N–H and O–H groups in total. The van der Waals surface area contributed by atoms with Gasteiger partial charge in [-0.3, -0.25) is 4.98 Å². The van der Waals surface area contributed by atoms with Crippen molar-refractivity contribution in [2.45, 2.75) is 6.10 Å². The Kier molecular flexibility index (Phi) is 3.23. The van der Waals surface area contributed by atoms with E-state index in [4.69, 9.17) is 10.2 Å². The minimum absolute atomic E-state index is 0.245. The minimum atomic E-state index is -0.792. The highest BCUT2D eigenvalue weighted by atomic mass is 16.3. The third kappa shape index (κ3) is 2.41. The van der Waals surface area contributed by atoms with Crippen molar-refractivity contribution in [1.29, 1.82) is 0 Å². The van der Waals surface area contributed by atoms with Crippen LogP contribution in [0.15, 0.2) is 24.5 Å². The molecule has 0 saturated heterocycles. The predicted octanol–water partition coefficient (Wildman–Crippen LogP) is -0.210. The Morgan fingerprint density at radius 3 is 2.88 bits per heavy atom. The van der Waals surface area contributed by atoms with E-state index < -0.39 is 6.10 Å². The number of nitrogens with one attached hydrogen (secondary N) is 1. The maximum atomic E-state index is 9.16. The van der Waals surface area contributed by atoms with Crippen LogP contribution in [0.2, 0.25) is 0 Å². The number of hydrogen-bond donors (Lipinski definition) is 3. The van der Waals surface area contributed by atoms with E-state index in [-0.39, 0.29) is 13.2 Å². The maximum absolute atomic E-state index is 9.16. The average Bonchev–Trinajstić information content (AvgIpc) is 2.35. The second-order valence-corrected chi connectivity index (χ2v) is 3.31. The van der Waals surface area contributed by atoms with Crippen molar-refractivity contribution in [2.24, 2.45) is 0 Å². The molecule has 2 aromatic heterocycles. The number of aliphatic hydroxyl groups is 2. The quantitative estimate of drug-likeness (QED) is 0.660. The molecule has 0 bridgehead atoms. The lowest BCUT2D eigenvalue weighted by Gasteiger charge is -2.09. The molecule has 0 saturated carbocycles. The van der Waals surface area contributed by atoms with Crippen LogP contribution < -0.4 is 5.32 Å². The standard InChI is InChI=1S/C10H12N4O2/c15-6-7(16)5-13-9-2-1-8-10(14-9)12-4-3-11-8/h1-4,7,15-16H,5-6H2,(H,12,13,14). The van der Waals surface area contributed by atoms with Crippen LogP contribution in [0, 0.1) is 0 Å². The molecule has 0 fully saturated rings. The molecule has 0 spiro atoms. The number of aromatic nitrogens is 3. The summed E-state index contributed by atoms with van der Waals surface area (Å²) < 4.78 is 0. The summed E-state index contributed by atoms with van der Waals surface area (Å²) >= 11 is 0. The number of anilines is 1. The van der Waals surface area contributed by atoms with Crippen LogP contribution in [0.25, 0.3) is 11.2 Å². The average molecular weight is 220 g/mol. The number of hydrogen-bond acceptors (Lipinski definition) is 6. The maximum Gasteiger partial charge on any atom is 0.180 e. The van der Waals surface area contributed by atoms with Gasteiger partial charge < -0.3 is 15.5 Å².